The van der Waals surface area contributed by atoms with Crippen LogP contribution in [0.4, 0.5) is 22.0 Å². The summed E-state index contributed by atoms with van der Waals surface area (Å²) in [6.07, 6.45) is -7.84. The molecule has 0 unspecified atom stereocenters. The van der Waals surface area contributed by atoms with Crippen LogP contribution in [0.5, 0.6) is 0 Å². The van der Waals surface area contributed by atoms with E-state index < -0.39 is 34.0 Å². The Balaban J connectivity index is 3.32. The van der Waals surface area contributed by atoms with Gasteiger partial charge in [0.05, 0.1) is 10.6 Å². The summed E-state index contributed by atoms with van der Waals surface area (Å²) in [6.45, 7) is 0. The van der Waals surface area contributed by atoms with E-state index in [-0.39, 0.29) is 0 Å². The Morgan fingerprint density at radius 1 is 1.20 bits per heavy atom. The predicted octanol–water partition coefficient (Wildman–Crippen LogP) is 4.34. The van der Waals surface area contributed by atoms with Gasteiger partial charge in [-0.1, -0.05) is 23.2 Å². The van der Waals surface area contributed by atoms with Crippen molar-refractivity contribution in [1.82, 2.24) is 4.98 Å². The second-order valence-corrected chi connectivity index (χ2v) is 3.26. The lowest BCUT2D eigenvalue weighted by Crippen LogP contribution is -2.09. The molecular formula is C7H2Cl2F5N. The molecule has 0 bridgehead atoms. The average molecular weight is 266 g/mol. The highest BCUT2D eigenvalue weighted by atomic mass is 35.5. The third-order valence-electron chi connectivity index (χ3n) is 1.47. The maximum Gasteiger partial charge on any atom is 0.433 e. The fraction of sp³-hybridized carbons (Fsp3) is 0.286. The van der Waals surface area contributed by atoms with Crippen molar-refractivity contribution in [1.29, 1.82) is 0 Å². The van der Waals surface area contributed by atoms with Crippen LogP contribution in [0.2, 0.25) is 10.2 Å². The van der Waals surface area contributed by atoms with Crippen molar-refractivity contribution in [2.24, 2.45) is 0 Å². The van der Waals surface area contributed by atoms with E-state index in [1.54, 1.807) is 0 Å². The molecule has 1 aromatic rings. The molecule has 1 rings (SSSR count). The quantitative estimate of drug-likeness (QED) is 0.544. The molecule has 8 heteroatoms. The van der Waals surface area contributed by atoms with Gasteiger partial charge in [-0.2, -0.15) is 13.2 Å². The molecule has 0 atom stereocenters. The van der Waals surface area contributed by atoms with Gasteiger partial charge in [0.1, 0.15) is 10.8 Å². The Morgan fingerprint density at radius 3 is 2.07 bits per heavy atom. The summed E-state index contributed by atoms with van der Waals surface area (Å²) in [5, 5.41) is -1.69. The molecule has 1 aromatic heterocycles. The van der Waals surface area contributed by atoms with Gasteiger partial charge in [0.25, 0.3) is 6.43 Å². The Bertz CT molecular complexity index is 353. The molecular weight excluding hydrogens is 264 g/mol. The molecule has 0 aliphatic heterocycles. The molecule has 0 aliphatic rings. The number of alkyl halides is 5. The Kier molecular flexibility index (Phi) is 3.40. The zero-order valence-electron chi connectivity index (χ0n) is 6.75. The monoisotopic (exact) mass is 265 g/mol. The van der Waals surface area contributed by atoms with E-state index in [1.807, 2.05) is 0 Å². The SMILES string of the molecule is FC(F)c1c(Cl)cc(C(F)(F)F)nc1Cl. The Morgan fingerprint density at radius 2 is 1.73 bits per heavy atom. The zero-order valence-corrected chi connectivity index (χ0v) is 8.26. The van der Waals surface area contributed by atoms with E-state index in [0.717, 1.165) is 0 Å². The highest BCUT2D eigenvalue weighted by Gasteiger charge is 2.34. The lowest BCUT2D eigenvalue weighted by molar-refractivity contribution is -0.141. The van der Waals surface area contributed by atoms with Crippen molar-refractivity contribution in [2.45, 2.75) is 12.6 Å². The van der Waals surface area contributed by atoms with Gasteiger partial charge in [0.15, 0.2) is 0 Å². The lowest BCUT2D eigenvalue weighted by atomic mass is 10.2. The summed E-state index contributed by atoms with van der Waals surface area (Å²) >= 11 is 10.4. The second-order valence-electron chi connectivity index (χ2n) is 2.49. The number of hydrogen-bond donors (Lipinski definition) is 0. The molecule has 1 nitrogen and oxygen atoms in total. The maximum atomic E-state index is 12.2. The van der Waals surface area contributed by atoms with E-state index in [0.29, 0.717) is 6.07 Å². The molecule has 15 heavy (non-hydrogen) atoms. The molecule has 0 aliphatic carbocycles. The molecule has 1 heterocycles. The summed E-state index contributed by atoms with van der Waals surface area (Å²) in [5.41, 5.74) is -2.30. The molecule has 0 saturated heterocycles. The van der Waals surface area contributed by atoms with E-state index in [9.17, 15) is 22.0 Å². The van der Waals surface area contributed by atoms with E-state index in [2.05, 4.69) is 4.98 Å². The van der Waals surface area contributed by atoms with Gasteiger partial charge in [-0.15, -0.1) is 0 Å². The third kappa shape index (κ3) is 2.69. The molecule has 0 radical (unpaired) electrons. The van der Waals surface area contributed by atoms with Crippen molar-refractivity contribution in [3.8, 4) is 0 Å². The number of halogens is 7. The fourth-order valence-electron chi connectivity index (χ4n) is 0.834. The number of hydrogen-bond acceptors (Lipinski definition) is 1. The van der Waals surface area contributed by atoms with Crippen molar-refractivity contribution in [2.75, 3.05) is 0 Å². The first-order valence-electron chi connectivity index (χ1n) is 3.44. The normalized spacial score (nSPS) is 12.3. The summed E-state index contributed by atoms with van der Waals surface area (Å²) < 4.78 is 60.8. The summed E-state index contributed by atoms with van der Waals surface area (Å²) in [6, 6.07) is 0.314. The van der Waals surface area contributed by atoms with Crippen LogP contribution in [-0.4, -0.2) is 4.98 Å². The number of nitrogens with zero attached hydrogens (tertiary/aromatic N) is 1. The molecule has 0 N–H and O–H groups in total. The molecule has 84 valence electrons. The van der Waals surface area contributed by atoms with Gasteiger partial charge < -0.3 is 0 Å². The van der Waals surface area contributed by atoms with Gasteiger partial charge in [0, 0.05) is 0 Å². The minimum atomic E-state index is -4.77. The van der Waals surface area contributed by atoms with E-state index in [4.69, 9.17) is 23.2 Å². The first kappa shape index (κ1) is 12.4. The maximum absolute atomic E-state index is 12.2. The Labute approximate surface area is 90.8 Å². The van der Waals surface area contributed by atoms with Gasteiger partial charge in [-0.05, 0) is 6.07 Å². The van der Waals surface area contributed by atoms with Crippen LogP contribution in [0, 0.1) is 0 Å². The van der Waals surface area contributed by atoms with Crippen LogP contribution in [0.1, 0.15) is 17.7 Å². The Hall–Kier alpha value is -0.620. The molecule has 0 aromatic carbocycles. The van der Waals surface area contributed by atoms with Gasteiger partial charge in [-0.3, -0.25) is 0 Å². The summed E-state index contributed by atoms with van der Waals surface area (Å²) in [7, 11) is 0. The van der Waals surface area contributed by atoms with Crippen LogP contribution < -0.4 is 0 Å². The fourth-order valence-corrected chi connectivity index (χ4v) is 1.43. The van der Waals surface area contributed by atoms with Gasteiger partial charge >= 0.3 is 6.18 Å². The lowest BCUT2D eigenvalue weighted by Gasteiger charge is -2.10. The number of aromatic nitrogens is 1. The highest BCUT2D eigenvalue weighted by molar-refractivity contribution is 6.35. The van der Waals surface area contributed by atoms with Crippen molar-refractivity contribution in [3.05, 3.63) is 27.5 Å². The molecule has 0 amide bonds. The van der Waals surface area contributed by atoms with Crippen LogP contribution in [-0.2, 0) is 6.18 Å². The van der Waals surface area contributed by atoms with Crippen molar-refractivity contribution in [3.63, 3.8) is 0 Å². The predicted molar refractivity (Wildman–Crippen MR) is 44.2 cm³/mol. The topological polar surface area (TPSA) is 12.9 Å². The number of rotatable bonds is 1. The van der Waals surface area contributed by atoms with Crippen molar-refractivity contribution >= 4 is 23.2 Å². The second kappa shape index (κ2) is 4.09. The molecule has 0 fully saturated rings. The van der Waals surface area contributed by atoms with Crippen LogP contribution in [0.25, 0.3) is 0 Å². The summed E-state index contributed by atoms with van der Waals surface area (Å²) in [4.78, 5) is 2.80. The molecule has 0 saturated carbocycles. The number of pyridine rings is 1. The summed E-state index contributed by atoms with van der Waals surface area (Å²) in [5.74, 6) is 0. The van der Waals surface area contributed by atoms with Crippen LogP contribution >= 0.6 is 23.2 Å². The van der Waals surface area contributed by atoms with E-state index in [1.165, 1.54) is 0 Å². The van der Waals surface area contributed by atoms with E-state index >= 15 is 0 Å². The van der Waals surface area contributed by atoms with Crippen molar-refractivity contribution < 1.29 is 22.0 Å². The van der Waals surface area contributed by atoms with Gasteiger partial charge in [0.2, 0.25) is 0 Å². The molecule has 0 spiro atoms. The smallest absolute Gasteiger partial charge is 0.231 e. The minimum Gasteiger partial charge on any atom is -0.231 e. The zero-order chi connectivity index (χ0) is 11.8. The van der Waals surface area contributed by atoms with Crippen LogP contribution in [0.3, 0.4) is 0 Å². The largest absolute Gasteiger partial charge is 0.433 e. The minimum absolute atomic E-state index is 0.314. The average Bonchev–Trinajstić information content (AvgIpc) is 1.99. The standard InChI is InChI=1S/C7H2Cl2F5N/c8-2-1-3(7(12,13)14)15-5(9)4(2)6(10)11/h1,6H. The van der Waals surface area contributed by atoms with Crippen LogP contribution in [0.15, 0.2) is 6.07 Å². The first-order valence-corrected chi connectivity index (χ1v) is 4.20. The third-order valence-corrected chi connectivity index (χ3v) is 2.07. The van der Waals surface area contributed by atoms with Gasteiger partial charge in [-0.25, -0.2) is 13.8 Å². The first-order chi connectivity index (χ1) is 6.73. The highest BCUT2D eigenvalue weighted by Crippen LogP contribution is 2.37.